The van der Waals surface area contributed by atoms with Crippen molar-refractivity contribution in [2.45, 2.75) is 31.7 Å². The Morgan fingerprint density at radius 2 is 2.22 bits per heavy atom. The van der Waals surface area contributed by atoms with Gasteiger partial charge in [0.2, 0.25) is 0 Å². The van der Waals surface area contributed by atoms with Crippen molar-refractivity contribution in [1.29, 1.82) is 0 Å². The van der Waals surface area contributed by atoms with Crippen LogP contribution in [-0.2, 0) is 0 Å². The molecule has 0 spiro atoms. The molecule has 0 unspecified atom stereocenters. The number of pyridine rings is 1. The number of nitrogens with one attached hydrogen (secondary N) is 1. The van der Waals surface area contributed by atoms with Gasteiger partial charge in [0.1, 0.15) is 10.3 Å². The summed E-state index contributed by atoms with van der Waals surface area (Å²) in [5.41, 5.74) is 0.648. The molecular formula is C14H16BrF2N3O3. The topological polar surface area (TPSA) is 82.5 Å². The summed E-state index contributed by atoms with van der Waals surface area (Å²) in [7, 11) is 0. The summed E-state index contributed by atoms with van der Waals surface area (Å²) >= 11 is 3.16. The van der Waals surface area contributed by atoms with Gasteiger partial charge in [-0.3, -0.25) is 4.79 Å². The smallest absolute Gasteiger partial charge is 0.404 e. The highest BCUT2D eigenvalue weighted by molar-refractivity contribution is 9.10. The van der Waals surface area contributed by atoms with Crippen LogP contribution in [0, 0.1) is 6.92 Å². The molecule has 0 saturated carbocycles. The summed E-state index contributed by atoms with van der Waals surface area (Å²) < 4.78 is 27.9. The first-order valence-electron chi connectivity index (χ1n) is 6.98. The van der Waals surface area contributed by atoms with E-state index in [4.69, 9.17) is 5.11 Å². The molecule has 1 atom stereocenters. The van der Waals surface area contributed by atoms with E-state index in [0.29, 0.717) is 10.2 Å². The second-order valence-electron chi connectivity index (χ2n) is 5.47. The van der Waals surface area contributed by atoms with Gasteiger partial charge in [-0.25, -0.2) is 18.6 Å². The third-order valence-corrected chi connectivity index (χ3v) is 4.14. The number of halogens is 3. The van der Waals surface area contributed by atoms with Gasteiger partial charge in [-0.1, -0.05) is 6.07 Å². The Morgan fingerprint density at radius 1 is 1.52 bits per heavy atom. The molecule has 2 N–H and O–H groups in total. The number of rotatable bonds is 3. The van der Waals surface area contributed by atoms with Crippen LogP contribution in [0.3, 0.4) is 0 Å². The Balaban J connectivity index is 2.27. The van der Waals surface area contributed by atoms with Crippen LogP contribution in [0.1, 0.15) is 28.9 Å². The number of amides is 2. The van der Waals surface area contributed by atoms with E-state index in [0.717, 1.165) is 4.90 Å². The fourth-order valence-corrected chi connectivity index (χ4v) is 2.81. The average molecular weight is 392 g/mol. The quantitative estimate of drug-likeness (QED) is 0.775. The Labute approximate surface area is 140 Å². The van der Waals surface area contributed by atoms with E-state index in [2.05, 4.69) is 26.2 Å². The number of aryl methyl sites for hydroxylation is 1. The summed E-state index contributed by atoms with van der Waals surface area (Å²) in [4.78, 5) is 28.4. The van der Waals surface area contributed by atoms with Crippen molar-refractivity contribution in [3.8, 4) is 0 Å². The molecule has 6 nitrogen and oxygen atoms in total. The molecular weight excluding hydrogens is 376 g/mol. The highest BCUT2D eigenvalue weighted by atomic mass is 79.9. The maximum Gasteiger partial charge on any atom is 0.404 e. The molecule has 23 heavy (non-hydrogen) atoms. The van der Waals surface area contributed by atoms with Crippen molar-refractivity contribution in [1.82, 2.24) is 15.2 Å². The van der Waals surface area contributed by atoms with Crippen molar-refractivity contribution in [3.63, 3.8) is 0 Å². The fraction of sp³-hybridized carbons (Fsp3) is 0.500. The van der Waals surface area contributed by atoms with Crippen LogP contribution in [0.15, 0.2) is 16.7 Å². The minimum Gasteiger partial charge on any atom is -0.465 e. The van der Waals surface area contributed by atoms with Gasteiger partial charge < -0.3 is 15.3 Å². The molecule has 0 aromatic carbocycles. The molecule has 1 saturated heterocycles. The predicted octanol–water partition coefficient (Wildman–Crippen LogP) is 2.66. The van der Waals surface area contributed by atoms with Crippen molar-refractivity contribution >= 4 is 27.9 Å². The highest BCUT2D eigenvalue weighted by Gasteiger charge is 2.42. The summed E-state index contributed by atoms with van der Waals surface area (Å²) in [6.07, 6.45) is -1.62. The van der Waals surface area contributed by atoms with E-state index in [1.54, 1.807) is 19.1 Å². The number of hydrogen-bond donors (Lipinski definition) is 2. The van der Waals surface area contributed by atoms with Crippen LogP contribution >= 0.6 is 15.9 Å². The minimum absolute atomic E-state index is 0.0199. The molecule has 1 aliphatic rings. The Morgan fingerprint density at radius 3 is 2.87 bits per heavy atom. The van der Waals surface area contributed by atoms with Gasteiger partial charge in [-0.2, -0.15) is 0 Å². The third-order valence-electron chi connectivity index (χ3n) is 3.70. The van der Waals surface area contributed by atoms with Gasteiger partial charge in [-0.15, -0.1) is 0 Å². The van der Waals surface area contributed by atoms with Crippen LogP contribution in [0.2, 0.25) is 0 Å². The maximum atomic E-state index is 13.7. The number of nitrogens with zero attached hydrogens (tertiary/aromatic N) is 2. The molecule has 1 aromatic heterocycles. The SMILES string of the molecule is Cc1ccc(Br)nc1C(=O)N1CC(F)(F)CC[C@@H]1CNC(=O)O. The predicted molar refractivity (Wildman–Crippen MR) is 81.7 cm³/mol. The molecule has 0 bridgehead atoms. The number of hydrogen-bond acceptors (Lipinski definition) is 3. The summed E-state index contributed by atoms with van der Waals surface area (Å²) in [6, 6.07) is 2.69. The van der Waals surface area contributed by atoms with Gasteiger partial charge in [0.15, 0.2) is 0 Å². The maximum absolute atomic E-state index is 13.7. The van der Waals surface area contributed by atoms with Crippen molar-refractivity contribution in [3.05, 3.63) is 28.0 Å². The molecule has 1 aliphatic heterocycles. The Kier molecular flexibility index (Phi) is 5.18. The highest BCUT2D eigenvalue weighted by Crippen LogP contribution is 2.31. The molecule has 0 aliphatic carbocycles. The van der Waals surface area contributed by atoms with E-state index in [1.165, 1.54) is 0 Å². The number of likely N-dealkylation sites (tertiary alicyclic amines) is 1. The second-order valence-corrected chi connectivity index (χ2v) is 6.28. The molecule has 2 amide bonds. The Hall–Kier alpha value is -1.77. The molecule has 126 valence electrons. The number of aromatic nitrogens is 1. The van der Waals surface area contributed by atoms with Gasteiger partial charge in [0.25, 0.3) is 11.8 Å². The van der Waals surface area contributed by atoms with Crippen LogP contribution in [-0.4, -0.2) is 52.0 Å². The zero-order valence-electron chi connectivity index (χ0n) is 12.4. The number of carbonyl (C=O) groups excluding carboxylic acids is 1. The van der Waals surface area contributed by atoms with Crippen molar-refractivity contribution in [2.24, 2.45) is 0 Å². The van der Waals surface area contributed by atoms with E-state index < -0.39 is 30.5 Å². The van der Waals surface area contributed by atoms with Gasteiger partial charge in [0.05, 0.1) is 12.6 Å². The summed E-state index contributed by atoms with van der Waals surface area (Å²) in [5, 5.41) is 10.8. The van der Waals surface area contributed by atoms with Crippen LogP contribution in [0.4, 0.5) is 13.6 Å². The van der Waals surface area contributed by atoms with Gasteiger partial charge in [0, 0.05) is 13.0 Å². The average Bonchev–Trinajstić information content (AvgIpc) is 2.47. The van der Waals surface area contributed by atoms with Gasteiger partial charge >= 0.3 is 6.09 Å². The van der Waals surface area contributed by atoms with E-state index in [-0.39, 0.29) is 25.1 Å². The Bertz CT molecular complexity index is 627. The second kappa shape index (κ2) is 6.77. The summed E-state index contributed by atoms with van der Waals surface area (Å²) in [6.45, 7) is 0.828. The number of carboxylic acid groups (broad SMARTS) is 1. The first kappa shape index (κ1) is 17.6. The molecule has 0 radical (unpaired) electrons. The number of carbonyl (C=O) groups is 2. The van der Waals surface area contributed by atoms with Crippen LogP contribution in [0.5, 0.6) is 0 Å². The monoisotopic (exact) mass is 391 g/mol. The van der Waals surface area contributed by atoms with Crippen molar-refractivity contribution < 1.29 is 23.5 Å². The molecule has 2 rings (SSSR count). The van der Waals surface area contributed by atoms with E-state index in [1.807, 2.05) is 0 Å². The van der Waals surface area contributed by atoms with Crippen molar-refractivity contribution in [2.75, 3.05) is 13.1 Å². The lowest BCUT2D eigenvalue weighted by Gasteiger charge is -2.39. The lowest BCUT2D eigenvalue weighted by atomic mass is 9.98. The third kappa shape index (κ3) is 4.37. The zero-order chi connectivity index (χ0) is 17.2. The number of piperidine rings is 1. The van der Waals surface area contributed by atoms with E-state index >= 15 is 0 Å². The fourth-order valence-electron chi connectivity index (χ4n) is 2.50. The van der Waals surface area contributed by atoms with Crippen LogP contribution in [0.25, 0.3) is 0 Å². The van der Waals surface area contributed by atoms with E-state index in [9.17, 15) is 18.4 Å². The first-order chi connectivity index (χ1) is 10.7. The minimum atomic E-state index is -2.99. The summed E-state index contributed by atoms with van der Waals surface area (Å²) in [5.74, 6) is -3.62. The van der Waals surface area contributed by atoms with Crippen LogP contribution < -0.4 is 5.32 Å². The lowest BCUT2D eigenvalue weighted by Crippen LogP contribution is -2.55. The van der Waals surface area contributed by atoms with Gasteiger partial charge in [-0.05, 0) is 40.9 Å². The molecule has 2 heterocycles. The first-order valence-corrected chi connectivity index (χ1v) is 7.77. The standard InChI is InChI=1S/C14H16BrF2N3O3/c1-8-2-3-10(15)19-11(8)12(21)20-7-14(16,17)5-4-9(20)6-18-13(22)23/h2-3,9,18H,4-7H2,1H3,(H,22,23)/t9-/m1/s1. The zero-order valence-corrected chi connectivity index (χ0v) is 13.9. The lowest BCUT2D eigenvalue weighted by molar-refractivity contribution is -0.0715. The normalized spacial score (nSPS) is 20.2. The molecule has 9 heteroatoms. The molecule has 1 aromatic rings. The molecule has 1 fully saturated rings. The number of alkyl halides is 2. The largest absolute Gasteiger partial charge is 0.465 e.